The highest BCUT2D eigenvalue weighted by atomic mass is 16.2. The summed E-state index contributed by atoms with van der Waals surface area (Å²) in [6.45, 7) is 3.11. The predicted octanol–water partition coefficient (Wildman–Crippen LogP) is 3.75. The topological polar surface area (TPSA) is 67.2 Å². The van der Waals surface area contributed by atoms with Crippen LogP contribution in [0.5, 0.6) is 0 Å². The van der Waals surface area contributed by atoms with E-state index in [0.29, 0.717) is 17.4 Å². The number of carbonyl (C=O) groups is 1. The van der Waals surface area contributed by atoms with Gasteiger partial charge in [0, 0.05) is 13.1 Å². The van der Waals surface area contributed by atoms with Crippen molar-refractivity contribution in [2.24, 2.45) is 0 Å². The predicted molar refractivity (Wildman–Crippen MR) is 132 cm³/mol. The van der Waals surface area contributed by atoms with E-state index in [1.807, 2.05) is 37.3 Å². The molecule has 0 spiro atoms. The van der Waals surface area contributed by atoms with Gasteiger partial charge in [0.05, 0.1) is 17.2 Å². The lowest BCUT2D eigenvalue weighted by molar-refractivity contribution is -0.121. The van der Waals surface area contributed by atoms with Crippen LogP contribution in [0.1, 0.15) is 16.7 Å². The van der Waals surface area contributed by atoms with Gasteiger partial charge in [-0.15, -0.1) is 0 Å². The van der Waals surface area contributed by atoms with Crippen molar-refractivity contribution in [2.45, 2.75) is 26.6 Å². The molecule has 1 N–H and O–H groups in total. The second-order valence-electron chi connectivity index (χ2n) is 8.52. The number of rotatable bonds is 7. The lowest BCUT2D eigenvalue weighted by Gasteiger charge is -2.13. The molecule has 3 aromatic carbocycles. The fourth-order valence-corrected chi connectivity index (χ4v) is 3.97. The Morgan fingerprint density at radius 3 is 2.52 bits per heavy atom. The first kappa shape index (κ1) is 22.4. The highest BCUT2D eigenvalue weighted by Gasteiger charge is 2.11. The van der Waals surface area contributed by atoms with Crippen molar-refractivity contribution in [1.82, 2.24) is 19.8 Å². The summed E-state index contributed by atoms with van der Waals surface area (Å²) in [6.07, 6.45) is 1.44. The number of aromatic nitrogens is 2. The molecule has 0 radical (unpaired) electrons. The van der Waals surface area contributed by atoms with Gasteiger partial charge in [-0.25, -0.2) is 4.98 Å². The molecule has 1 heterocycles. The fraction of sp³-hybridized carbons (Fsp3) is 0.222. The van der Waals surface area contributed by atoms with Crippen molar-refractivity contribution in [2.75, 3.05) is 14.1 Å². The first-order valence-corrected chi connectivity index (χ1v) is 11.0. The molecule has 0 bridgehead atoms. The third kappa shape index (κ3) is 5.18. The molecule has 4 rings (SSSR count). The van der Waals surface area contributed by atoms with Crippen LogP contribution in [0.15, 0.2) is 77.9 Å². The largest absolute Gasteiger partial charge is 0.350 e. The standard InChI is InChI=1S/C27H28N4O2/c1-19-7-6-10-24-26(19)29-18-31(27(24)33)17-25(32)28-15-22-8-4-5-9-23(22)21-13-11-20(12-14-21)16-30(2)3/h4-14,18H,15-17H2,1-3H3,(H,28,32). The van der Waals surface area contributed by atoms with Gasteiger partial charge in [-0.3, -0.25) is 14.2 Å². The minimum Gasteiger partial charge on any atom is -0.350 e. The van der Waals surface area contributed by atoms with Crippen LogP contribution in [0.4, 0.5) is 0 Å². The molecule has 0 unspecified atom stereocenters. The van der Waals surface area contributed by atoms with Crippen molar-refractivity contribution in [3.63, 3.8) is 0 Å². The summed E-state index contributed by atoms with van der Waals surface area (Å²) in [5.74, 6) is -0.234. The molecular weight excluding hydrogens is 412 g/mol. The average molecular weight is 441 g/mol. The summed E-state index contributed by atoms with van der Waals surface area (Å²) in [5.41, 5.74) is 5.85. The zero-order valence-corrected chi connectivity index (χ0v) is 19.2. The lowest BCUT2D eigenvalue weighted by atomic mass is 9.98. The van der Waals surface area contributed by atoms with Crippen molar-refractivity contribution < 1.29 is 4.79 Å². The normalized spacial score (nSPS) is 11.2. The molecule has 1 amide bonds. The number of para-hydroxylation sites is 1. The maximum atomic E-state index is 12.8. The summed E-state index contributed by atoms with van der Waals surface area (Å²) in [6, 6.07) is 22.0. The molecule has 33 heavy (non-hydrogen) atoms. The van der Waals surface area contributed by atoms with E-state index in [1.165, 1.54) is 16.5 Å². The molecule has 168 valence electrons. The van der Waals surface area contributed by atoms with Gasteiger partial charge >= 0.3 is 0 Å². The molecule has 0 atom stereocenters. The van der Waals surface area contributed by atoms with Crippen LogP contribution in [-0.2, 0) is 24.4 Å². The SMILES string of the molecule is Cc1cccc2c(=O)n(CC(=O)NCc3ccccc3-c3ccc(CN(C)C)cc3)cnc12. The maximum Gasteiger partial charge on any atom is 0.261 e. The molecule has 0 aliphatic carbocycles. The van der Waals surface area contributed by atoms with Crippen molar-refractivity contribution in [3.05, 3.63) is 100 Å². The van der Waals surface area contributed by atoms with Gasteiger partial charge in [0.1, 0.15) is 6.54 Å². The van der Waals surface area contributed by atoms with E-state index in [9.17, 15) is 9.59 Å². The van der Waals surface area contributed by atoms with Crippen molar-refractivity contribution in [3.8, 4) is 11.1 Å². The molecule has 0 fully saturated rings. The van der Waals surface area contributed by atoms with Crippen LogP contribution in [-0.4, -0.2) is 34.5 Å². The number of carbonyl (C=O) groups excluding carboxylic acids is 1. The first-order chi connectivity index (χ1) is 15.9. The van der Waals surface area contributed by atoms with Gasteiger partial charge in [-0.1, -0.05) is 60.7 Å². The Labute approximate surface area is 193 Å². The Morgan fingerprint density at radius 1 is 1.00 bits per heavy atom. The Balaban J connectivity index is 1.47. The number of fused-ring (bicyclic) bond motifs is 1. The summed E-state index contributed by atoms with van der Waals surface area (Å²) in [5, 5.41) is 3.47. The second-order valence-corrected chi connectivity index (χ2v) is 8.52. The molecule has 0 aliphatic heterocycles. The highest BCUT2D eigenvalue weighted by Crippen LogP contribution is 2.24. The summed E-state index contributed by atoms with van der Waals surface area (Å²) < 4.78 is 1.35. The molecule has 0 aliphatic rings. The summed E-state index contributed by atoms with van der Waals surface area (Å²) in [4.78, 5) is 31.9. The summed E-state index contributed by atoms with van der Waals surface area (Å²) >= 11 is 0. The van der Waals surface area contributed by atoms with Crippen LogP contribution < -0.4 is 10.9 Å². The number of aryl methyl sites for hydroxylation is 1. The lowest BCUT2D eigenvalue weighted by Crippen LogP contribution is -2.32. The third-order valence-electron chi connectivity index (χ3n) is 5.63. The molecule has 0 saturated heterocycles. The minimum atomic E-state index is -0.234. The van der Waals surface area contributed by atoms with E-state index >= 15 is 0 Å². The molecule has 1 aromatic heterocycles. The first-order valence-electron chi connectivity index (χ1n) is 11.0. The number of amides is 1. The fourth-order valence-electron chi connectivity index (χ4n) is 3.97. The van der Waals surface area contributed by atoms with E-state index in [-0.39, 0.29) is 18.0 Å². The third-order valence-corrected chi connectivity index (χ3v) is 5.63. The average Bonchev–Trinajstić information content (AvgIpc) is 2.80. The molecule has 0 saturated carbocycles. The van der Waals surface area contributed by atoms with Gasteiger partial charge in [-0.05, 0) is 54.9 Å². The van der Waals surface area contributed by atoms with Gasteiger partial charge in [0.2, 0.25) is 5.91 Å². The minimum absolute atomic E-state index is 0.0723. The number of benzene rings is 3. The van der Waals surface area contributed by atoms with Crippen molar-refractivity contribution in [1.29, 1.82) is 0 Å². The van der Waals surface area contributed by atoms with Crippen LogP contribution in [0.25, 0.3) is 22.0 Å². The Kier molecular flexibility index (Phi) is 6.66. The quantitative estimate of drug-likeness (QED) is 0.475. The second kappa shape index (κ2) is 9.79. The number of hydrogen-bond acceptors (Lipinski definition) is 4. The summed E-state index contributed by atoms with van der Waals surface area (Å²) in [7, 11) is 4.10. The van der Waals surface area contributed by atoms with Crippen LogP contribution in [0.2, 0.25) is 0 Å². The van der Waals surface area contributed by atoms with E-state index in [4.69, 9.17) is 0 Å². The van der Waals surface area contributed by atoms with E-state index < -0.39 is 0 Å². The Hall–Kier alpha value is -3.77. The zero-order valence-electron chi connectivity index (χ0n) is 19.2. The Bertz CT molecular complexity index is 1340. The highest BCUT2D eigenvalue weighted by molar-refractivity contribution is 5.81. The van der Waals surface area contributed by atoms with Crippen LogP contribution in [0.3, 0.4) is 0 Å². The maximum absolute atomic E-state index is 12.8. The van der Waals surface area contributed by atoms with Gasteiger partial charge in [-0.2, -0.15) is 0 Å². The zero-order chi connectivity index (χ0) is 23.4. The van der Waals surface area contributed by atoms with Crippen LogP contribution >= 0.6 is 0 Å². The van der Waals surface area contributed by atoms with Gasteiger partial charge < -0.3 is 10.2 Å². The van der Waals surface area contributed by atoms with Crippen LogP contribution in [0, 0.1) is 6.92 Å². The smallest absolute Gasteiger partial charge is 0.261 e. The number of nitrogens with zero attached hydrogens (tertiary/aromatic N) is 3. The Morgan fingerprint density at radius 2 is 1.76 bits per heavy atom. The molecule has 6 heteroatoms. The van der Waals surface area contributed by atoms with E-state index in [0.717, 1.165) is 28.8 Å². The van der Waals surface area contributed by atoms with Gasteiger partial charge in [0.25, 0.3) is 5.56 Å². The number of nitrogens with one attached hydrogen (secondary N) is 1. The monoisotopic (exact) mass is 440 g/mol. The molecule has 6 nitrogen and oxygen atoms in total. The number of hydrogen-bond donors (Lipinski definition) is 1. The van der Waals surface area contributed by atoms with E-state index in [1.54, 1.807) is 6.07 Å². The van der Waals surface area contributed by atoms with Crippen molar-refractivity contribution >= 4 is 16.8 Å². The van der Waals surface area contributed by atoms with E-state index in [2.05, 4.69) is 59.6 Å². The van der Waals surface area contributed by atoms with Gasteiger partial charge in [0.15, 0.2) is 0 Å². The molecular formula is C27H28N4O2. The molecule has 4 aromatic rings.